The summed E-state index contributed by atoms with van der Waals surface area (Å²) < 4.78 is 5.27. The smallest absolute Gasteiger partial charge is 0.357 e. The molecule has 118 valence electrons. The van der Waals surface area contributed by atoms with Crippen molar-refractivity contribution in [2.24, 2.45) is 0 Å². The molecule has 0 aliphatic heterocycles. The summed E-state index contributed by atoms with van der Waals surface area (Å²) in [5.41, 5.74) is 0.367. The zero-order valence-corrected chi connectivity index (χ0v) is 13.5. The van der Waals surface area contributed by atoms with E-state index in [1.54, 1.807) is 6.07 Å². The predicted molar refractivity (Wildman–Crippen MR) is 86.7 cm³/mol. The van der Waals surface area contributed by atoms with Crippen LogP contribution in [0.1, 0.15) is 69.8 Å². The molecule has 0 unspecified atom stereocenters. The first-order valence-corrected chi connectivity index (χ1v) is 8.04. The standard InChI is InChI=1S/C17H28N2O2/c1-4-5-6-7-8-9-13-21-17(20)15-11-10-12-16(19-15)18-14(2)3/h10-12,14H,4-9,13H2,1-3H3,(H,18,19). The Morgan fingerprint density at radius 1 is 1.19 bits per heavy atom. The van der Waals surface area contributed by atoms with Crippen molar-refractivity contribution in [2.75, 3.05) is 11.9 Å². The van der Waals surface area contributed by atoms with E-state index in [9.17, 15) is 4.79 Å². The zero-order valence-electron chi connectivity index (χ0n) is 13.5. The van der Waals surface area contributed by atoms with Gasteiger partial charge < -0.3 is 10.1 Å². The number of carbonyl (C=O) groups is 1. The van der Waals surface area contributed by atoms with Crippen LogP contribution in [0.15, 0.2) is 18.2 Å². The number of carbonyl (C=O) groups excluding carboxylic acids is 1. The van der Waals surface area contributed by atoms with Crippen LogP contribution in [0.5, 0.6) is 0 Å². The van der Waals surface area contributed by atoms with Crippen LogP contribution in [-0.4, -0.2) is 23.6 Å². The molecule has 0 radical (unpaired) electrons. The molecule has 0 saturated carbocycles. The quantitative estimate of drug-likeness (QED) is 0.512. The second-order valence-corrected chi connectivity index (χ2v) is 5.61. The third-order valence-corrected chi connectivity index (χ3v) is 3.13. The molecule has 0 amide bonds. The molecular weight excluding hydrogens is 264 g/mol. The molecule has 0 aliphatic carbocycles. The Labute approximate surface area is 128 Å². The summed E-state index contributed by atoms with van der Waals surface area (Å²) in [6, 6.07) is 5.64. The van der Waals surface area contributed by atoms with Crippen LogP contribution in [0, 0.1) is 0 Å². The average molecular weight is 292 g/mol. The summed E-state index contributed by atoms with van der Waals surface area (Å²) in [5, 5.41) is 3.18. The first-order valence-electron chi connectivity index (χ1n) is 8.04. The molecule has 1 aromatic heterocycles. The maximum Gasteiger partial charge on any atom is 0.357 e. The third kappa shape index (κ3) is 7.69. The largest absolute Gasteiger partial charge is 0.461 e. The first-order chi connectivity index (χ1) is 10.1. The molecule has 1 aromatic rings. The highest BCUT2D eigenvalue weighted by molar-refractivity contribution is 5.87. The minimum atomic E-state index is -0.337. The SMILES string of the molecule is CCCCCCCCOC(=O)c1cccc(NC(C)C)n1. The second kappa shape index (κ2) is 10.2. The maximum atomic E-state index is 11.9. The maximum absolute atomic E-state index is 11.9. The molecular formula is C17H28N2O2. The molecule has 4 nitrogen and oxygen atoms in total. The normalized spacial score (nSPS) is 10.7. The van der Waals surface area contributed by atoms with Gasteiger partial charge in [-0.3, -0.25) is 0 Å². The highest BCUT2D eigenvalue weighted by Crippen LogP contribution is 2.09. The number of pyridine rings is 1. The lowest BCUT2D eigenvalue weighted by atomic mass is 10.1. The van der Waals surface area contributed by atoms with Gasteiger partial charge in [0.15, 0.2) is 5.69 Å². The molecule has 0 aliphatic rings. The molecule has 1 heterocycles. The minimum absolute atomic E-state index is 0.284. The predicted octanol–water partition coefficient (Wildman–Crippen LogP) is 4.42. The van der Waals surface area contributed by atoms with Crippen LogP contribution in [0.2, 0.25) is 0 Å². The summed E-state index contributed by atoms with van der Waals surface area (Å²) in [6.45, 7) is 6.75. The monoisotopic (exact) mass is 292 g/mol. The van der Waals surface area contributed by atoms with Gasteiger partial charge in [-0.1, -0.05) is 45.1 Å². The van der Waals surface area contributed by atoms with Crippen LogP contribution >= 0.6 is 0 Å². The van der Waals surface area contributed by atoms with E-state index in [0.29, 0.717) is 18.1 Å². The number of nitrogens with one attached hydrogen (secondary N) is 1. The number of aromatic nitrogens is 1. The Hall–Kier alpha value is -1.58. The number of rotatable bonds is 10. The van der Waals surface area contributed by atoms with E-state index >= 15 is 0 Å². The Bertz CT molecular complexity index is 419. The Morgan fingerprint density at radius 3 is 2.62 bits per heavy atom. The lowest BCUT2D eigenvalue weighted by Crippen LogP contribution is -2.14. The number of nitrogens with zero attached hydrogens (tertiary/aromatic N) is 1. The van der Waals surface area contributed by atoms with Gasteiger partial charge in [0.25, 0.3) is 0 Å². The fraction of sp³-hybridized carbons (Fsp3) is 0.647. The number of anilines is 1. The molecule has 0 bridgehead atoms. The molecule has 0 spiro atoms. The van der Waals surface area contributed by atoms with Crippen molar-refractivity contribution >= 4 is 11.8 Å². The van der Waals surface area contributed by atoms with E-state index in [4.69, 9.17) is 4.74 Å². The van der Waals surface area contributed by atoms with Crippen molar-refractivity contribution in [1.29, 1.82) is 0 Å². The number of esters is 1. The van der Waals surface area contributed by atoms with Crippen molar-refractivity contribution in [3.05, 3.63) is 23.9 Å². The van der Waals surface area contributed by atoms with E-state index in [2.05, 4.69) is 17.2 Å². The minimum Gasteiger partial charge on any atom is -0.461 e. The topological polar surface area (TPSA) is 51.2 Å². The highest BCUT2D eigenvalue weighted by atomic mass is 16.5. The van der Waals surface area contributed by atoms with Crippen molar-refractivity contribution in [1.82, 2.24) is 4.98 Å². The van der Waals surface area contributed by atoms with Crippen molar-refractivity contribution in [3.8, 4) is 0 Å². The number of unbranched alkanes of at least 4 members (excludes halogenated alkanes) is 5. The molecule has 0 fully saturated rings. The van der Waals surface area contributed by atoms with Gasteiger partial charge in [0.05, 0.1) is 6.61 Å². The number of ether oxygens (including phenoxy) is 1. The highest BCUT2D eigenvalue weighted by Gasteiger charge is 2.09. The fourth-order valence-corrected chi connectivity index (χ4v) is 2.05. The van der Waals surface area contributed by atoms with E-state index in [1.807, 2.05) is 26.0 Å². The summed E-state index contributed by atoms with van der Waals surface area (Å²) in [4.78, 5) is 16.2. The average Bonchev–Trinajstić information content (AvgIpc) is 2.45. The van der Waals surface area contributed by atoms with Crippen LogP contribution < -0.4 is 5.32 Å². The Balaban J connectivity index is 2.28. The van der Waals surface area contributed by atoms with Crippen molar-refractivity contribution in [3.63, 3.8) is 0 Å². The lowest BCUT2D eigenvalue weighted by Gasteiger charge is -2.10. The second-order valence-electron chi connectivity index (χ2n) is 5.61. The van der Waals surface area contributed by atoms with Gasteiger partial charge >= 0.3 is 5.97 Å². The number of hydrogen-bond acceptors (Lipinski definition) is 4. The zero-order chi connectivity index (χ0) is 15.5. The molecule has 0 atom stereocenters. The molecule has 1 rings (SSSR count). The van der Waals surface area contributed by atoms with Crippen molar-refractivity contribution < 1.29 is 9.53 Å². The molecule has 21 heavy (non-hydrogen) atoms. The van der Waals surface area contributed by atoms with Gasteiger partial charge in [0, 0.05) is 6.04 Å². The van der Waals surface area contributed by atoms with Gasteiger partial charge in [0.1, 0.15) is 5.82 Å². The third-order valence-electron chi connectivity index (χ3n) is 3.13. The van der Waals surface area contributed by atoms with E-state index in [1.165, 1.54) is 25.7 Å². The van der Waals surface area contributed by atoms with Gasteiger partial charge in [0.2, 0.25) is 0 Å². The van der Waals surface area contributed by atoms with Crippen LogP contribution in [-0.2, 0) is 4.74 Å². The van der Waals surface area contributed by atoms with E-state index in [0.717, 1.165) is 12.8 Å². The van der Waals surface area contributed by atoms with E-state index in [-0.39, 0.29) is 12.0 Å². The Kier molecular flexibility index (Phi) is 8.48. The molecule has 0 aromatic carbocycles. The lowest BCUT2D eigenvalue weighted by molar-refractivity contribution is 0.0491. The van der Waals surface area contributed by atoms with Crippen LogP contribution in [0.25, 0.3) is 0 Å². The molecule has 0 saturated heterocycles. The van der Waals surface area contributed by atoms with E-state index < -0.39 is 0 Å². The van der Waals surface area contributed by atoms with Gasteiger partial charge in [-0.15, -0.1) is 0 Å². The molecule has 1 N–H and O–H groups in total. The summed E-state index contributed by atoms with van der Waals surface area (Å²) in [5.74, 6) is 0.370. The summed E-state index contributed by atoms with van der Waals surface area (Å²) in [7, 11) is 0. The van der Waals surface area contributed by atoms with Gasteiger partial charge in [-0.2, -0.15) is 0 Å². The molecule has 4 heteroatoms. The van der Waals surface area contributed by atoms with Crippen LogP contribution in [0.4, 0.5) is 5.82 Å². The summed E-state index contributed by atoms with van der Waals surface area (Å²) in [6.07, 6.45) is 7.09. The van der Waals surface area contributed by atoms with Gasteiger partial charge in [-0.05, 0) is 32.4 Å². The van der Waals surface area contributed by atoms with Gasteiger partial charge in [-0.25, -0.2) is 9.78 Å². The van der Waals surface area contributed by atoms with Crippen molar-refractivity contribution in [2.45, 2.75) is 65.3 Å². The summed E-state index contributed by atoms with van der Waals surface area (Å²) >= 11 is 0. The first kappa shape index (κ1) is 17.5. The number of hydrogen-bond donors (Lipinski definition) is 1. The fourth-order valence-electron chi connectivity index (χ4n) is 2.05. The Morgan fingerprint density at radius 2 is 1.90 bits per heavy atom. The van der Waals surface area contributed by atoms with Crippen LogP contribution in [0.3, 0.4) is 0 Å².